The van der Waals surface area contributed by atoms with Crippen molar-refractivity contribution in [2.24, 2.45) is 0 Å². The Hall–Kier alpha value is -2.02. The summed E-state index contributed by atoms with van der Waals surface area (Å²) in [6.45, 7) is 3.06. The fourth-order valence-corrected chi connectivity index (χ4v) is 2.78. The Bertz CT molecular complexity index is 613. The summed E-state index contributed by atoms with van der Waals surface area (Å²) in [7, 11) is 1.61. The van der Waals surface area contributed by atoms with E-state index in [1.165, 1.54) is 24.6 Å². The van der Waals surface area contributed by atoms with Crippen LogP contribution < -0.4 is 10.1 Å². The van der Waals surface area contributed by atoms with Crippen LogP contribution in [0.4, 0.5) is 5.69 Å². The van der Waals surface area contributed by atoms with Gasteiger partial charge in [-0.3, -0.25) is 4.79 Å². The van der Waals surface area contributed by atoms with E-state index in [4.69, 9.17) is 4.74 Å². The van der Waals surface area contributed by atoms with Gasteiger partial charge in [-0.05, 0) is 30.7 Å². The summed E-state index contributed by atoms with van der Waals surface area (Å²) in [5.41, 5.74) is 0.751. The minimum Gasteiger partial charge on any atom is -0.497 e. The molecule has 2 rings (SSSR count). The lowest BCUT2D eigenvalue weighted by Crippen LogP contribution is -2.14. The van der Waals surface area contributed by atoms with Crippen molar-refractivity contribution in [3.05, 3.63) is 30.6 Å². The van der Waals surface area contributed by atoms with Gasteiger partial charge in [0.15, 0.2) is 5.16 Å². The first kappa shape index (κ1) is 17.3. The van der Waals surface area contributed by atoms with E-state index in [0.29, 0.717) is 5.75 Å². The predicted octanol–water partition coefficient (Wildman–Crippen LogP) is 3.21. The highest BCUT2D eigenvalue weighted by Gasteiger charge is 2.09. The number of aryl methyl sites for hydroxylation is 1. The van der Waals surface area contributed by atoms with Gasteiger partial charge < -0.3 is 14.6 Å². The Morgan fingerprint density at radius 1 is 1.30 bits per heavy atom. The number of rotatable bonds is 9. The van der Waals surface area contributed by atoms with Gasteiger partial charge in [0.2, 0.25) is 5.91 Å². The minimum absolute atomic E-state index is 0.0664. The molecule has 1 N–H and O–H groups in total. The van der Waals surface area contributed by atoms with Crippen molar-refractivity contribution in [3.63, 3.8) is 0 Å². The molecule has 0 aliphatic heterocycles. The Balaban J connectivity index is 1.80. The van der Waals surface area contributed by atoms with Crippen LogP contribution in [0.25, 0.3) is 0 Å². The number of anilines is 1. The largest absolute Gasteiger partial charge is 0.497 e. The molecule has 0 spiro atoms. The summed E-state index contributed by atoms with van der Waals surface area (Å²) in [5.74, 6) is 0.999. The van der Waals surface area contributed by atoms with Gasteiger partial charge in [-0.25, -0.2) is 0 Å². The van der Waals surface area contributed by atoms with E-state index in [2.05, 4.69) is 22.4 Å². The van der Waals surface area contributed by atoms with Crippen LogP contribution in [0.2, 0.25) is 0 Å². The van der Waals surface area contributed by atoms with Gasteiger partial charge in [-0.15, -0.1) is 10.2 Å². The van der Waals surface area contributed by atoms with Crippen LogP contribution in [0, 0.1) is 0 Å². The summed E-state index contributed by atoms with van der Waals surface area (Å²) in [6.07, 6.45) is 5.18. The maximum atomic E-state index is 12.0. The molecule has 23 heavy (non-hydrogen) atoms. The average Bonchev–Trinajstić information content (AvgIpc) is 3.01. The number of thioether (sulfide) groups is 1. The lowest BCUT2D eigenvalue weighted by Gasteiger charge is -2.07. The molecule has 0 fully saturated rings. The van der Waals surface area contributed by atoms with Crippen molar-refractivity contribution < 1.29 is 9.53 Å². The Labute approximate surface area is 140 Å². The first-order chi connectivity index (χ1) is 11.2. The third-order valence-electron chi connectivity index (χ3n) is 3.29. The van der Waals surface area contributed by atoms with Crippen molar-refractivity contribution in [2.75, 3.05) is 18.2 Å². The van der Waals surface area contributed by atoms with Crippen LogP contribution >= 0.6 is 11.8 Å². The number of methoxy groups -OCH3 is 1. The maximum Gasteiger partial charge on any atom is 0.234 e. The first-order valence-corrected chi connectivity index (χ1v) is 8.66. The van der Waals surface area contributed by atoms with E-state index in [-0.39, 0.29) is 5.91 Å². The Kier molecular flexibility index (Phi) is 6.93. The third-order valence-corrected chi connectivity index (χ3v) is 4.27. The molecule has 0 aliphatic rings. The number of carbonyl (C=O) groups is 1. The van der Waals surface area contributed by atoms with Gasteiger partial charge in [0, 0.05) is 12.2 Å². The van der Waals surface area contributed by atoms with E-state index in [9.17, 15) is 4.79 Å². The molecule has 1 heterocycles. The van der Waals surface area contributed by atoms with Crippen molar-refractivity contribution in [1.29, 1.82) is 0 Å². The van der Waals surface area contributed by atoms with E-state index < -0.39 is 0 Å². The molecule has 0 aliphatic carbocycles. The number of aromatic nitrogens is 3. The van der Waals surface area contributed by atoms with Gasteiger partial charge in [-0.1, -0.05) is 31.5 Å². The molecule has 0 saturated heterocycles. The summed E-state index contributed by atoms with van der Waals surface area (Å²) in [6, 6.07) is 7.25. The molecule has 2 aromatic rings. The van der Waals surface area contributed by atoms with Gasteiger partial charge in [-0.2, -0.15) is 0 Å². The first-order valence-electron chi connectivity index (χ1n) is 7.67. The van der Waals surface area contributed by atoms with E-state index in [1.807, 2.05) is 28.8 Å². The number of benzene rings is 1. The van der Waals surface area contributed by atoms with Crippen molar-refractivity contribution in [1.82, 2.24) is 14.8 Å². The second kappa shape index (κ2) is 9.19. The summed E-state index contributed by atoms with van der Waals surface area (Å²) in [5, 5.41) is 11.6. The molecule has 1 aromatic carbocycles. The van der Waals surface area contributed by atoms with Crippen molar-refractivity contribution in [2.45, 2.75) is 37.9 Å². The predicted molar refractivity (Wildman–Crippen MR) is 91.9 cm³/mol. The maximum absolute atomic E-state index is 12.0. The highest BCUT2D eigenvalue weighted by Crippen LogP contribution is 2.18. The topological polar surface area (TPSA) is 69.0 Å². The molecule has 0 bridgehead atoms. The number of hydrogen-bond donors (Lipinski definition) is 1. The molecule has 1 amide bonds. The van der Waals surface area contributed by atoms with Crippen molar-refractivity contribution >= 4 is 23.4 Å². The second-order valence-electron chi connectivity index (χ2n) is 5.08. The lowest BCUT2D eigenvalue weighted by molar-refractivity contribution is -0.113. The highest BCUT2D eigenvalue weighted by atomic mass is 32.2. The molecule has 0 saturated carbocycles. The van der Waals surface area contributed by atoms with Gasteiger partial charge >= 0.3 is 0 Å². The van der Waals surface area contributed by atoms with E-state index in [1.54, 1.807) is 13.4 Å². The zero-order valence-corrected chi connectivity index (χ0v) is 14.3. The molecule has 1 aromatic heterocycles. The zero-order chi connectivity index (χ0) is 16.5. The molecule has 6 nitrogen and oxygen atoms in total. The van der Waals surface area contributed by atoms with Crippen LogP contribution in [0.15, 0.2) is 35.7 Å². The van der Waals surface area contributed by atoms with Gasteiger partial charge in [0.1, 0.15) is 12.1 Å². The fraction of sp³-hybridized carbons (Fsp3) is 0.438. The molecular formula is C16H22N4O2S. The summed E-state index contributed by atoms with van der Waals surface area (Å²) >= 11 is 1.40. The molecule has 124 valence electrons. The van der Waals surface area contributed by atoms with Crippen LogP contribution in [0.1, 0.15) is 26.2 Å². The average molecular weight is 334 g/mol. The smallest absolute Gasteiger partial charge is 0.234 e. The number of amides is 1. The van der Waals surface area contributed by atoms with E-state index in [0.717, 1.165) is 29.6 Å². The third kappa shape index (κ3) is 5.59. The lowest BCUT2D eigenvalue weighted by atomic mass is 10.2. The molecule has 0 unspecified atom stereocenters. The number of carbonyl (C=O) groups excluding carboxylic acids is 1. The molecule has 0 atom stereocenters. The van der Waals surface area contributed by atoms with Crippen LogP contribution in [-0.4, -0.2) is 33.5 Å². The van der Waals surface area contributed by atoms with E-state index >= 15 is 0 Å². The number of nitrogens with one attached hydrogen (secondary N) is 1. The number of nitrogens with zero attached hydrogens (tertiary/aromatic N) is 3. The number of hydrogen-bond acceptors (Lipinski definition) is 5. The SMILES string of the molecule is CCCCCn1cnnc1SCC(=O)Nc1ccc(OC)cc1. The van der Waals surface area contributed by atoms with Crippen LogP contribution in [0.5, 0.6) is 5.75 Å². The standard InChI is InChI=1S/C16H22N4O2S/c1-3-4-5-10-20-12-17-19-16(20)23-11-15(21)18-13-6-8-14(22-2)9-7-13/h6-9,12H,3-5,10-11H2,1-2H3,(H,18,21). The highest BCUT2D eigenvalue weighted by molar-refractivity contribution is 7.99. The molecule has 7 heteroatoms. The number of ether oxygens (including phenoxy) is 1. The minimum atomic E-state index is -0.0664. The zero-order valence-electron chi connectivity index (χ0n) is 13.5. The fourth-order valence-electron chi connectivity index (χ4n) is 2.04. The molecular weight excluding hydrogens is 312 g/mol. The Morgan fingerprint density at radius 2 is 2.09 bits per heavy atom. The summed E-state index contributed by atoms with van der Waals surface area (Å²) in [4.78, 5) is 12.0. The molecule has 0 radical (unpaired) electrons. The second-order valence-corrected chi connectivity index (χ2v) is 6.02. The van der Waals surface area contributed by atoms with Gasteiger partial charge in [0.25, 0.3) is 0 Å². The van der Waals surface area contributed by atoms with Crippen LogP contribution in [0.3, 0.4) is 0 Å². The Morgan fingerprint density at radius 3 is 2.78 bits per heavy atom. The normalized spacial score (nSPS) is 10.5. The van der Waals surface area contributed by atoms with Crippen molar-refractivity contribution in [3.8, 4) is 5.75 Å². The monoisotopic (exact) mass is 334 g/mol. The summed E-state index contributed by atoms with van der Waals surface area (Å²) < 4.78 is 7.09. The van der Waals surface area contributed by atoms with Crippen LogP contribution in [-0.2, 0) is 11.3 Å². The van der Waals surface area contributed by atoms with Gasteiger partial charge in [0.05, 0.1) is 12.9 Å². The number of unbranched alkanes of at least 4 members (excludes halogenated alkanes) is 2. The quantitative estimate of drug-likeness (QED) is 0.563.